The fourth-order valence-electron chi connectivity index (χ4n) is 3.90. The maximum absolute atomic E-state index is 12.1. The van der Waals surface area contributed by atoms with Crippen molar-refractivity contribution in [3.05, 3.63) is 60.3 Å². The van der Waals surface area contributed by atoms with Crippen molar-refractivity contribution in [1.82, 2.24) is 4.98 Å². The monoisotopic (exact) mass is 479 g/mol. The lowest BCUT2D eigenvalue weighted by molar-refractivity contribution is -0.134. The molecule has 0 aliphatic rings. The van der Waals surface area contributed by atoms with Crippen LogP contribution in [0.2, 0.25) is 0 Å². The second-order valence-electron chi connectivity index (χ2n) is 9.19. The molecular weight excluding hydrogens is 434 g/mol. The third kappa shape index (κ3) is 13.3. The van der Waals surface area contributed by atoms with Gasteiger partial charge in [-0.2, -0.15) is 0 Å². The van der Waals surface area contributed by atoms with Gasteiger partial charge in [0.25, 0.3) is 0 Å². The van der Waals surface area contributed by atoms with Gasteiger partial charge in [0.05, 0.1) is 11.9 Å². The van der Waals surface area contributed by atoms with E-state index in [-0.39, 0.29) is 5.97 Å². The zero-order valence-corrected chi connectivity index (χ0v) is 22.0. The first kappa shape index (κ1) is 28.8. The topological polar surface area (TPSA) is 48.4 Å². The summed E-state index contributed by atoms with van der Waals surface area (Å²) in [6, 6.07) is 12.3. The van der Waals surface area contributed by atoms with Crippen LogP contribution in [-0.4, -0.2) is 24.2 Å². The van der Waals surface area contributed by atoms with Crippen molar-refractivity contribution in [1.29, 1.82) is 0 Å². The Kier molecular flexibility index (Phi) is 15.5. The molecule has 0 saturated carbocycles. The van der Waals surface area contributed by atoms with E-state index >= 15 is 0 Å². The van der Waals surface area contributed by atoms with Gasteiger partial charge in [-0.15, -0.1) is 0 Å². The average Bonchev–Trinajstić information content (AvgIpc) is 2.88. The molecule has 35 heavy (non-hydrogen) atoms. The predicted octanol–water partition coefficient (Wildman–Crippen LogP) is 8.49. The number of carbonyl (C=O) groups excluding carboxylic acids is 1. The summed E-state index contributed by atoms with van der Waals surface area (Å²) < 4.78 is 11.0. The van der Waals surface area contributed by atoms with Crippen LogP contribution in [-0.2, 0) is 16.0 Å². The molecule has 0 atom stereocenters. The van der Waals surface area contributed by atoms with Crippen molar-refractivity contribution in [2.24, 2.45) is 0 Å². The average molecular weight is 480 g/mol. The van der Waals surface area contributed by atoms with Gasteiger partial charge < -0.3 is 9.47 Å². The summed E-state index contributed by atoms with van der Waals surface area (Å²) in [5.74, 6) is 0.284. The molecule has 0 unspecified atom stereocenters. The number of esters is 1. The van der Waals surface area contributed by atoms with Crippen LogP contribution in [0.4, 0.5) is 0 Å². The number of allylic oxidation sites excluding steroid dienone is 2. The van der Waals surface area contributed by atoms with Crippen LogP contribution >= 0.6 is 0 Å². The molecular formula is C31H45NO3. The minimum absolute atomic E-state index is 0.214. The number of aromatic nitrogens is 1. The van der Waals surface area contributed by atoms with Crippen molar-refractivity contribution in [2.45, 2.75) is 97.3 Å². The molecule has 192 valence electrons. The van der Waals surface area contributed by atoms with Gasteiger partial charge in [-0.05, 0) is 62.6 Å². The van der Waals surface area contributed by atoms with Crippen molar-refractivity contribution in [3.8, 4) is 17.0 Å². The van der Waals surface area contributed by atoms with E-state index in [0.717, 1.165) is 56.6 Å². The van der Waals surface area contributed by atoms with Crippen molar-refractivity contribution < 1.29 is 14.3 Å². The van der Waals surface area contributed by atoms with Crippen LogP contribution in [0.15, 0.2) is 54.7 Å². The lowest BCUT2D eigenvalue weighted by Crippen LogP contribution is -2.07. The summed E-state index contributed by atoms with van der Waals surface area (Å²) in [5.41, 5.74) is 3.30. The van der Waals surface area contributed by atoms with Gasteiger partial charge in [0.1, 0.15) is 5.75 Å². The molecule has 0 aliphatic heterocycles. The molecule has 2 rings (SSSR count). The van der Waals surface area contributed by atoms with E-state index in [2.05, 4.69) is 55.2 Å². The molecule has 0 bridgehead atoms. The van der Waals surface area contributed by atoms with E-state index in [1.54, 1.807) is 6.20 Å². The highest BCUT2D eigenvalue weighted by Gasteiger charge is 2.06. The quantitative estimate of drug-likeness (QED) is 0.115. The number of ether oxygens (including phenoxy) is 2. The first-order chi connectivity index (χ1) is 17.2. The summed E-state index contributed by atoms with van der Waals surface area (Å²) in [4.78, 5) is 16.6. The number of hydrogen-bond acceptors (Lipinski definition) is 4. The Morgan fingerprint density at radius 2 is 1.57 bits per heavy atom. The van der Waals surface area contributed by atoms with Crippen LogP contribution in [0.1, 0.15) is 96.5 Å². The number of carbonyl (C=O) groups is 1. The van der Waals surface area contributed by atoms with Crippen LogP contribution in [0.25, 0.3) is 11.3 Å². The summed E-state index contributed by atoms with van der Waals surface area (Å²) in [7, 11) is 0. The van der Waals surface area contributed by atoms with Crippen molar-refractivity contribution >= 4 is 5.97 Å². The molecule has 4 nitrogen and oxygen atoms in total. The molecule has 0 fully saturated rings. The minimum Gasteiger partial charge on any atom is -0.425 e. The molecule has 0 aliphatic carbocycles. The molecule has 1 aromatic heterocycles. The Morgan fingerprint density at radius 1 is 0.800 bits per heavy atom. The first-order valence-electron chi connectivity index (χ1n) is 13.7. The van der Waals surface area contributed by atoms with Crippen LogP contribution < -0.4 is 4.74 Å². The van der Waals surface area contributed by atoms with E-state index in [4.69, 9.17) is 9.47 Å². The van der Waals surface area contributed by atoms with Gasteiger partial charge in [0.2, 0.25) is 0 Å². The molecule has 1 heterocycles. The van der Waals surface area contributed by atoms with Gasteiger partial charge >= 0.3 is 5.97 Å². The number of benzene rings is 1. The predicted molar refractivity (Wildman–Crippen MR) is 146 cm³/mol. The largest absolute Gasteiger partial charge is 0.425 e. The van der Waals surface area contributed by atoms with Gasteiger partial charge in [-0.3, -0.25) is 9.78 Å². The molecule has 0 saturated heterocycles. The lowest BCUT2D eigenvalue weighted by atomic mass is 10.0. The van der Waals surface area contributed by atoms with Gasteiger partial charge in [-0.1, -0.05) is 82.4 Å². The smallest absolute Gasteiger partial charge is 0.311 e. The molecule has 1 aromatic carbocycles. The highest BCUT2D eigenvalue weighted by atomic mass is 16.5. The Bertz CT molecular complexity index is 827. The summed E-state index contributed by atoms with van der Waals surface area (Å²) in [6.07, 6.45) is 20.3. The standard InChI is InChI=1S/C31H45NO3/c1-3-5-6-7-8-9-10-11-14-17-31(33)35-29-22-23-30(32-26-29)28-20-18-27(19-21-28)16-13-12-15-25-34-24-4-2/h10-11,18-23,26H,3-9,12-17,24-25H2,1-2H3. The van der Waals surface area contributed by atoms with Gasteiger partial charge in [-0.25, -0.2) is 0 Å². The zero-order valence-electron chi connectivity index (χ0n) is 22.0. The van der Waals surface area contributed by atoms with E-state index in [9.17, 15) is 4.79 Å². The Morgan fingerprint density at radius 3 is 2.31 bits per heavy atom. The number of pyridine rings is 1. The fourth-order valence-corrected chi connectivity index (χ4v) is 3.90. The maximum Gasteiger partial charge on any atom is 0.311 e. The number of nitrogens with zero attached hydrogens (tertiary/aromatic N) is 1. The highest BCUT2D eigenvalue weighted by Crippen LogP contribution is 2.21. The van der Waals surface area contributed by atoms with E-state index < -0.39 is 0 Å². The Hall–Kier alpha value is -2.46. The van der Waals surface area contributed by atoms with E-state index in [0.29, 0.717) is 12.2 Å². The minimum atomic E-state index is -0.214. The van der Waals surface area contributed by atoms with E-state index in [1.165, 1.54) is 50.5 Å². The molecule has 2 aromatic rings. The van der Waals surface area contributed by atoms with Crippen LogP contribution in [0.5, 0.6) is 5.75 Å². The summed E-state index contributed by atoms with van der Waals surface area (Å²) in [6.45, 7) is 6.12. The molecule has 0 amide bonds. The second-order valence-corrected chi connectivity index (χ2v) is 9.19. The second kappa shape index (κ2) is 18.8. The number of rotatable bonds is 19. The van der Waals surface area contributed by atoms with E-state index in [1.807, 2.05) is 12.1 Å². The first-order valence-corrected chi connectivity index (χ1v) is 13.7. The normalized spacial score (nSPS) is 11.3. The number of hydrogen-bond donors (Lipinski definition) is 0. The number of aryl methyl sites for hydroxylation is 1. The third-order valence-electron chi connectivity index (χ3n) is 5.98. The van der Waals surface area contributed by atoms with Crippen LogP contribution in [0, 0.1) is 0 Å². The number of unbranched alkanes of at least 4 members (excludes halogenated alkanes) is 7. The highest BCUT2D eigenvalue weighted by molar-refractivity contribution is 5.72. The molecule has 0 N–H and O–H groups in total. The van der Waals surface area contributed by atoms with Crippen LogP contribution in [0.3, 0.4) is 0 Å². The zero-order chi connectivity index (χ0) is 25.0. The molecule has 0 radical (unpaired) electrons. The summed E-state index contributed by atoms with van der Waals surface area (Å²) in [5, 5.41) is 0. The Labute approximate surface area is 213 Å². The van der Waals surface area contributed by atoms with Gasteiger partial charge in [0, 0.05) is 25.2 Å². The fraction of sp³-hybridized carbons (Fsp3) is 0.548. The van der Waals surface area contributed by atoms with Crippen molar-refractivity contribution in [2.75, 3.05) is 13.2 Å². The SMILES string of the molecule is CCCCCCCC=CCCC(=O)Oc1ccc(-c2ccc(CCCCCOCCC)cc2)nc1. The molecule has 0 spiro atoms. The lowest BCUT2D eigenvalue weighted by Gasteiger charge is -2.07. The van der Waals surface area contributed by atoms with Gasteiger partial charge in [0.15, 0.2) is 0 Å². The Balaban J connectivity index is 1.65. The third-order valence-corrected chi connectivity index (χ3v) is 5.98. The molecule has 4 heteroatoms. The maximum atomic E-state index is 12.1. The summed E-state index contributed by atoms with van der Waals surface area (Å²) >= 11 is 0. The van der Waals surface area contributed by atoms with Crippen molar-refractivity contribution in [3.63, 3.8) is 0 Å².